The molecule has 0 radical (unpaired) electrons. The topological polar surface area (TPSA) is 268 Å². The Labute approximate surface area is 486 Å². The van der Waals surface area contributed by atoms with Crippen LogP contribution in [0, 0.1) is 0 Å². The van der Waals surface area contributed by atoms with Crippen molar-refractivity contribution in [2.45, 2.75) is 115 Å². The van der Waals surface area contributed by atoms with Gasteiger partial charge < -0.3 is 79.5 Å². The molecule has 0 aliphatic rings. The number of rotatable bonds is 36. The van der Waals surface area contributed by atoms with Crippen LogP contribution in [0.3, 0.4) is 0 Å². The standard InChI is InChI=1S/C54H72N5O14PS2.2BrH/c1-6-7-11-26-46(61)56-42(54(69)73-5)29-32-49(64)59-44(52(67)55-35-51(66)71-3)37-76-75-36-43(45(60)30-33-50(65)70-2)58-48(63)31-28-41(53(68)72-4)57-47(62)27-18-19-34-74(38-20-12-8-13-21-38,39-22-14-9-15-23-39)40-24-16-10-17-25-40;;/h8-10,12-17,20-25,41-44H,6-7,11,18-19,26-37H2,1-5H3,(H4-,55,56,57,58,59,61,62,63,64,67);2*1H/p-1. The van der Waals surface area contributed by atoms with Gasteiger partial charge in [0.05, 0.1) is 47.1 Å². The SMILES string of the molecule is CCCCCC(=O)NC(CCC(=O)NC(CSSCC(NC(=O)CCC(NC(=O)CCCC[P+](c1ccccc1)(c1ccccc1)c1ccccc1)C(=O)OC)C(=O)CCC(=O)OC)C(=O)NCC(=O)OC)C(=O)OC.[Br-].[Br-]. The molecule has 19 nitrogen and oxygen atoms in total. The van der Waals surface area contributed by atoms with E-state index in [4.69, 9.17) is 9.47 Å². The van der Waals surface area contributed by atoms with E-state index in [2.05, 4.69) is 72.5 Å². The zero-order valence-corrected chi connectivity index (χ0v) is 50.4. The summed E-state index contributed by atoms with van der Waals surface area (Å²) in [6.45, 7) is 1.48. The van der Waals surface area contributed by atoms with Crippen molar-refractivity contribution < 1.29 is 101 Å². The fraction of sp³-hybridized carbons (Fsp3) is 0.481. The van der Waals surface area contributed by atoms with Gasteiger partial charge in [-0.25, -0.2) is 9.59 Å². The number of Topliss-reactive ketones (excluding diaryl/α,β-unsaturated/α-hetero) is 1. The minimum absolute atomic E-state index is 0. The summed E-state index contributed by atoms with van der Waals surface area (Å²) in [5, 5.41) is 16.6. The Morgan fingerprint density at radius 3 is 1.28 bits per heavy atom. The van der Waals surface area contributed by atoms with Crippen LogP contribution in [0.25, 0.3) is 0 Å². The summed E-state index contributed by atoms with van der Waals surface area (Å²) >= 11 is 0. The van der Waals surface area contributed by atoms with Gasteiger partial charge in [-0.15, -0.1) is 0 Å². The Kier molecular flexibility index (Phi) is 36.2. The fourth-order valence-corrected chi connectivity index (χ4v) is 14.7. The zero-order valence-electron chi connectivity index (χ0n) is 44.7. The molecular weight excluding hydrogens is 1200 g/mol. The van der Waals surface area contributed by atoms with Gasteiger partial charge in [0.25, 0.3) is 0 Å². The molecule has 0 saturated carbocycles. The van der Waals surface area contributed by atoms with Crippen LogP contribution in [0.2, 0.25) is 0 Å². The number of carbonyl (C=O) groups excluding carboxylic acids is 10. The van der Waals surface area contributed by atoms with Crippen molar-refractivity contribution in [3.63, 3.8) is 0 Å². The molecule has 0 aliphatic heterocycles. The Morgan fingerprint density at radius 1 is 0.462 bits per heavy atom. The normalized spacial score (nSPS) is 12.2. The van der Waals surface area contributed by atoms with Crippen molar-refractivity contribution >= 4 is 104 Å². The molecule has 3 aromatic carbocycles. The maximum absolute atomic E-state index is 13.5. The Balaban J connectivity index is 0.0000152. The van der Waals surface area contributed by atoms with Crippen LogP contribution in [-0.2, 0) is 66.9 Å². The lowest BCUT2D eigenvalue weighted by atomic mass is 10.1. The van der Waals surface area contributed by atoms with Crippen LogP contribution < -0.4 is 76.5 Å². The highest BCUT2D eigenvalue weighted by Crippen LogP contribution is 2.56. The largest absolute Gasteiger partial charge is 1.00 e. The molecule has 0 spiro atoms. The van der Waals surface area contributed by atoms with Crippen LogP contribution in [0.1, 0.15) is 90.4 Å². The molecule has 3 aromatic rings. The van der Waals surface area contributed by atoms with Gasteiger partial charge in [-0.3, -0.25) is 38.4 Å². The second-order valence-electron chi connectivity index (χ2n) is 17.5. The Morgan fingerprint density at radius 2 is 0.859 bits per heavy atom. The molecule has 0 heterocycles. The first-order valence-corrected chi connectivity index (χ1v) is 29.6. The summed E-state index contributed by atoms with van der Waals surface area (Å²) in [6.07, 6.45) is 3.19. The maximum Gasteiger partial charge on any atom is 0.328 e. The van der Waals surface area contributed by atoms with Gasteiger partial charge in [0.1, 0.15) is 47.8 Å². The number of methoxy groups -OCH3 is 4. The van der Waals surface area contributed by atoms with E-state index < -0.39 is 91.3 Å². The summed E-state index contributed by atoms with van der Waals surface area (Å²) in [5.41, 5.74) is 0. The van der Waals surface area contributed by atoms with Crippen LogP contribution >= 0.6 is 28.9 Å². The second-order valence-corrected chi connectivity index (χ2v) is 23.6. The summed E-state index contributed by atoms with van der Waals surface area (Å²) in [4.78, 5) is 128. The van der Waals surface area contributed by atoms with Gasteiger partial charge in [-0.1, -0.05) is 96.0 Å². The van der Waals surface area contributed by atoms with Crippen LogP contribution in [0.4, 0.5) is 0 Å². The second kappa shape index (κ2) is 39.9. The number of nitrogens with one attached hydrogen (secondary N) is 5. The molecule has 0 bridgehead atoms. The van der Waals surface area contributed by atoms with E-state index in [1.54, 1.807) is 0 Å². The van der Waals surface area contributed by atoms with Gasteiger partial charge in [-0.05, 0) is 68.5 Å². The zero-order chi connectivity index (χ0) is 55.7. The van der Waals surface area contributed by atoms with E-state index in [1.807, 2.05) is 61.5 Å². The summed E-state index contributed by atoms with van der Waals surface area (Å²) < 4.78 is 19.1. The van der Waals surface area contributed by atoms with Crippen molar-refractivity contribution in [2.75, 3.05) is 52.7 Å². The van der Waals surface area contributed by atoms with Gasteiger partial charge >= 0.3 is 23.9 Å². The van der Waals surface area contributed by atoms with Gasteiger partial charge in [-0.2, -0.15) is 0 Å². The smallest absolute Gasteiger partial charge is 0.328 e. The molecule has 430 valence electrons. The first-order valence-electron chi connectivity index (χ1n) is 25.2. The molecule has 5 amide bonds. The molecule has 3 rings (SSSR count). The van der Waals surface area contributed by atoms with E-state index in [0.29, 0.717) is 19.3 Å². The van der Waals surface area contributed by atoms with Crippen LogP contribution in [-0.4, -0.2) is 136 Å². The van der Waals surface area contributed by atoms with E-state index in [9.17, 15) is 47.9 Å². The van der Waals surface area contributed by atoms with Crippen molar-refractivity contribution in [2.24, 2.45) is 0 Å². The monoisotopic (exact) mass is 1270 g/mol. The Hall–Kier alpha value is -5.35. The number of ether oxygens (including phenoxy) is 4. The molecule has 0 saturated heterocycles. The van der Waals surface area contributed by atoms with Gasteiger partial charge in [0, 0.05) is 43.6 Å². The van der Waals surface area contributed by atoms with Crippen molar-refractivity contribution in [3.8, 4) is 0 Å². The first kappa shape index (κ1) is 70.7. The number of halogens is 2. The minimum atomic E-state index is -2.13. The molecule has 0 fully saturated rings. The first-order chi connectivity index (χ1) is 36.6. The molecular formula is C54H73Br2N5O14PS2-. The predicted octanol–water partition coefficient (Wildman–Crippen LogP) is -2.22. The number of hydrogen-bond donors (Lipinski definition) is 5. The van der Waals surface area contributed by atoms with Crippen molar-refractivity contribution in [1.29, 1.82) is 0 Å². The average molecular weight is 1270 g/mol. The van der Waals surface area contributed by atoms with E-state index in [0.717, 1.165) is 54.8 Å². The third-order valence-electron chi connectivity index (χ3n) is 12.1. The van der Waals surface area contributed by atoms with Crippen LogP contribution in [0.5, 0.6) is 0 Å². The summed E-state index contributed by atoms with van der Waals surface area (Å²) in [7, 11) is 4.62. The molecule has 0 aliphatic carbocycles. The molecule has 78 heavy (non-hydrogen) atoms. The number of esters is 4. The lowest BCUT2D eigenvalue weighted by Crippen LogP contribution is -3.00. The summed E-state index contributed by atoms with van der Waals surface area (Å²) in [5.74, 6) is -6.41. The molecule has 5 N–H and O–H groups in total. The van der Waals surface area contributed by atoms with E-state index in [1.165, 1.54) is 30.1 Å². The number of amides is 5. The quantitative estimate of drug-likeness (QED) is 0.0136. The number of ketones is 1. The Bertz CT molecular complexity index is 2270. The number of benzene rings is 3. The molecule has 4 unspecified atom stereocenters. The van der Waals surface area contributed by atoms with E-state index >= 15 is 0 Å². The average Bonchev–Trinajstić information content (AvgIpc) is 3.44. The summed E-state index contributed by atoms with van der Waals surface area (Å²) in [6, 6.07) is 26.5. The van der Waals surface area contributed by atoms with Gasteiger partial charge in [0.2, 0.25) is 29.5 Å². The third kappa shape index (κ3) is 25.2. The maximum atomic E-state index is 13.5. The highest BCUT2D eigenvalue weighted by atomic mass is 79.9. The van der Waals surface area contributed by atoms with Gasteiger partial charge in [0.15, 0.2) is 5.78 Å². The van der Waals surface area contributed by atoms with Crippen LogP contribution in [0.15, 0.2) is 91.0 Å². The number of unbranched alkanes of at least 4 members (excludes halogenated alkanes) is 3. The van der Waals surface area contributed by atoms with Crippen molar-refractivity contribution in [3.05, 3.63) is 91.0 Å². The highest BCUT2D eigenvalue weighted by molar-refractivity contribution is 8.76. The highest BCUT2D eigenvalue weighted by Gasteiger charge is 2.44. The fourth-order valence-electron chi connectivity index (χ4n) is 7.94. The molecule has 24 heteroatoms. The lowest BCUT2D eigenvalue weighted by Gasteiger charge is -2.27. The third-order valence-corrected chi connectivity index (χ3v) is 19.0. The lowest BCUT2D eigenvalue weighted by molar-refractivity contribution is -0.146. The van der Waals surface area contributed by atoms with E-state index in [-0.39, 0.29) is 103 Å². The minimum Gasteiger partial charge on any atom is -1.00 e. The number of carbonyl (C=O) groups is 10. The molecule has 0 aromatic heterocycles. The predicted molar refractivity (Wildman–Crippen MR) is 294 cm³/mol. The number of hydrogen-bond acceptors (Lipinski definition) is 16. The molecule has 4 atom stereocenters. The van der Waals surface area contributed by atoms with Crippen molar-refractivity contribution in [1.82, 2.24) is 26.6 Å².